The van der Waals surface area contributed by atoms with Gasteiger partial charge in [0.25, 0.3) is 0 Å². The topological polar surface area (TPSA) is 101 Å². The van der Waals surface area contributed by atoms with Crippen LogP contribution in [0.2, 0.25) is 0 Å². The molecule has 7 nitrogen and oxygen atoms in total. The second-order valence-corrected chi connectivity index (χ2v) is 10.8. The molecule has 8 heteroatoms. The molecule has 1 aromatic carbocycles. The van der Waals surface area contributed by atoms with Gasteiger partial charge in [0.1, 0.15) is 11.5 Å². The Labute approximate surface area is 178 Å². The first kappa shape index (κ1) is 22.3. The molecule has 1 saturated carbocycles. The maximum absolute atomic E-state index is 12.7. The average Bonchev–Trinajstić information content (AvgIpc) is 3.07. The summed E-state index contributed by atoms with van der Waals surface area (Å²) in [5, 5.41) is 2.48. The van der Waals surface area contributed by atoms with Gasteiger partial charge in [0.05, 0.1) is 11.8 Å². The molecule has 0 radical (unpaired) electrons. The quantitative estimate of drug-likeness (QED) is 0.674. The highest BCUT2D eigenvalue weighted by Crippen LogP contribution is 2.36. The predicted octanol–water partition coefficient (Wildman–Crippen LogP) is 4.39. The summed E-state index contributed by atoms with van der Waals surface area (Å²) in [4.78, 5) is 17.2. The van der Waals surface area contributed by atoms with Gasteiger partial charge in [-0.3, -0.25) is 9.52 Å². The van der Waals surface area contributed by atoms with E-state index in [9.17, 15) is 13.2 Å². The largest absolute Gasteiger partial charge is 0.441 e. The summed E-state index contributed by atoms with van der Waals surface area (Å²) < 4.78 is 32.6. The molecule has 164 valence electrons. The second-order valence-electron chi connectivity index (χ2n) is 8.60. The summed E-state index contributed by atoms with van der Waals surface area (Å²) in [6.45, 7) is 7.40. The zero-order valence-electron chi connectivity index (χ0n) is 18.1. The molecule has 1 aliphatic carbocycles. The Hall–Kier alpha value is -2.35. The number of nitrogens with zero attached hydrogens (tertiary/aromatic N) is 1. The molecule has 0 aliphatic heterocycles. The first-order valence-electron chi connectivity index (χ1n) is 10.5. The molecule has 0 atom stereocenters. The fraction of sp³-hybridized carbons (Fsp3) is 0.545. The monoisotopic (exact) mass is 433 g/mol. The van der Waals surface area contributed by atoms with Crippen LogP contribution >= 0.6 is 0 Å². The molecule has 0 spiro atoms. The lowest BCUT2D eigenvalue weighted by atomic mass is 9.75. The number of sulfonamides is 1. The van der Waals surface area contributed by atoms with Crippen molar-refractivity contribution < 1.29 is 17.6 Å². The molecule has 2 N–H and O–H groups in total. The molecule has 0 unspecified atom stereocenters. The van der Waals surface area contributed by atoms with Crippen molar-refractivity contribution in [2.75, 3.05) is 4.72 Å². The normalized spacial score (nSPS) is 16.4. The summed E-state index contributed by atoms with van der Waals surface area (Å²) in [6.07, 6.45) is 5.21. The number of hydrogen-bond donors (Lipinski definition) is 2. The first-order valence-corrected chi connectivity index (χ1v) is 12.0. The van der Waals surface area contributed by atoms with Crippen LogP contribution < -0.4 is 10.0 Å². The number of nitrogens with one attached hydrogen (secondary N) is 2. The minimum atomic E-state index is -3.44. The number of hydrogen-bond acceptors (Lipinski definition) is 5. The van der Waals surface area contributed by atoms with Gasteiger partial charge in [0, 0.05) is 16.7 Å². The Kier molecular flexibility index (Phi) is 6.55. The lowest BCUT2D eigenvalue weighted by Crippen LogP contribution is -2.40. The van der Waals surface area contributed by atoms with Crippen molar-refractivity contribution in [3.63, 3.8) is 0 Å². The number of aromatic nitrogens is 1. The molecule has 0 bridgehead atoms. The molecule has 0 saturated heterocycles. The van der Waals surface area contributed by atoms with Crippen LogP contribution in [0.15, 0.2) is 28.7 Å². The minimum Gasteiger partial charge on any atom is -0.441 e. The third kappa shape index (κ3) is 5.03. The Balaban J connectivity index is 1.72. The van der Waals surface area contributed by atoms with Crippen molar-refractivity contribution in [1.82, 2.24) is 10.3 Å². The fourth-order valence-electron chi connectivity index (χ4n) is 3.65. The van der Waals surface area contributed by atoms with E-state index < -0.39 is 15.3 Å². The van der Waals surface area contributed by atoms with E-state index in [1.165, 1.54) is 6.42 Å². The third-order valence-corrected chi connectivity index (χ3v) is 7.57. The molecule has 3 rings (SSSR count). The van der Waals surface area contributed by atoms with Crippen LogP contribution in [0.1, 0.15) is 64.3 Å². The number of amides is 1. The fourth-order valence-corrected chi connectivity index (χ4v) is 4.34. The van der Waals surface area contributed by atoms with Gasteiger partial charge in [-0.1, -0.05) is 32.3 Å². The number of oxazole rings is 1. The van der Waals surface area contributed by atoms with Crippen LogP contribution in [0.25, 0.3) is 11.5 Å². The van der Waals surface area contributed by atoms with Crippen LogP contribution in [0.4, 0.5) is 5.69 Å². The van der Waals surface area contributed by atoms with Gasteiger partial charge in [-0.15, -0.1) is 0 Å². The molecule has 1 aliphatic rings. The van der Waals surface area contributed by atoms with Crippen molar-refractivity contribution in [3.05, 3.63) is 35.7 Å². The highest BCUT2D eigenvalue weighted by molar-refractivity contribution is 7.93. The summed E-state index contributed by atoms with van der Waals surface area (Å²) >= 11 is 0. The molecule has 1 fully saturated rings. The maximum atomic E-state index is 12.7. The van der Waals surface area contributed by atoms with Crippen LogP contribution in [0.5, 0.6) is 0 Å². The third-order valence-electron chi connectivity index (χ3n) is 5.80. The maximum Gasteiger partial charge on any atom is 0.235 e. The number of rotatable bonds is 7. The second kappa shape index (κ2) is 8.79. The zero-order valence-corrected chi connectivity index (χ0v) is 18.9. The van der Waals surface area contributed by atoms with E-state index in [1.54, 1.807) is 32.0 Å². The number of benzene rings is 1. The highest BCUT2D eigenvalue weighted by atomic mass is 32.2. The Morgan fingerprint density at radius 1 is 1.23 bits per heavy atom. The Morgan fingerprint density at radius 3 is 2.60 bits per heavy atom. The standard InChI is InChI=1S/C22H31N3O4S/c1-15(2)30(27,28)25-18-10-8-9-17(13-18)20-24-19(16(3)29-20)14-23-21(26)22(4)11-6-5-7-12-22/h8-10,13,15,25H,5-7,11-12,14H2,1-4H3,(H,23,26). The summed E-state index contributed by atoms with van der Waals surface area (Å²) in [6, 6.07) is 6.93. The van der Waals surface area contributed by atoms with E-state index in [-0.39, 0.29) is 11.3 Å². The van der Waals surface area contributed by atoms with Gasteiger partial charge < -0.3 is 9.73 Å². The first-order chi connectivity index (χ1) is 14.1. The van der Waals surface area contributed by atoms with E-state index in [4.69, 9.17) is 4.42 Å². The number of aryl methyl sites for hydroxylation is 1. The van der Waals surface area contributed by atoms with Crippen LogP contribution in [0, 0.1) is 12.3 Å². The minimum absolute atomic E-state index is 0.0660. The van der Waals surface area contributed by atoms with Crippen molar-refractivity contribution >= 4 is 21.6 Å². The van der Waals surface area contributed by atoms with Crippen LogP contribution in [0.3, 0.4) is 0 Å². The number of carbonyl (C=O) groups excluding carboxylic acids is 1. The van der Waals surface area contributed by atoms with Gasteiger partial charge in [-0.2, -0.15) is 0 Å². The molecule has 1 aromatic heterocycles. The van der Waals surface area contributed by atoms with Gasteiger partial charge in [-0.05, 0) is 51.8 Å². The highest BCUT2D eigenvalue weighted by Gasteiger charge is 2.34. The number of carbonyl (C=O) groups is 1. The van der Waals surface area contributed by atoms with Gasteiger partial charge >= 0.3 is 0 Å². The summed E-state index contributed by atoms with van der Waals surface area (Å²) in [7, 11) is -3.44. The van der Waals surface area contributed by atoms with E-state index in [2.05, 4.69) is 15.0 Å². The average molecular weight is 434 g/mol. The summed E-state index contributed by atoms with van der Waals surface area (Å²) in [5.74, 6) is 1.09. The van der Waals surface area contributed by atoms with Crippen molar-refractivity contribution in [1.29, 1.82) is 0 Å². The molecular formula is C22H31N3O4S. The predicted molar refractivity (Wildman–Crippen MR) is 117 cm³/mol. The molecule has 1 heterocycles. The van der Waals surface area contributed by atoms with Crippen LogP contribution in [-0.2, 0) is 21.4 Å². The lowest BCUT2D eigenvalue weighted by Gasteiger charge is -2.31. The molecule has 2 aromatic rings. The van der Waals surface area contributed by atoms with E-state index in [0.29, 0.717) is 35.1 Å². The lowest BCUT2D eigenvalue weighted by molar-refractivity contribution is -0.132. The Morgan fingerprint density at radius 2 is 1.93 bits per heavy atom. The number of anilines is 1. The van der Waals surface area contributed by atoms with Gasteiger partial charge in [-0.25, -0.2) is 13.4 Å². The van der Waals surface area contributed by atoms with Crippen molar-refractivity contribution in [2.45, 2.75) is 71.6 Å². The molecule has 1 amide bonds. The van der Waals surface area contributed by atoms with Crippen molar-refractivity contribution in [3.8, 4) is 11.5 Å². The molecule has 30 heavy (non-hydrogen) atoms. The van der Waals surface area contributed by atoms with E-state index in [1.807, 2.05) is 19.9 Å². The van der Waals surface area contributed by atoms with E-state index in [0.717, 1.165) is 25.7 Å². The van der Waals surface area contributed by atoms with Gasteiger partial charge in [0.15, 0.2) is 0 Å². The van der Waals surface area contributed by atoms with Crippen LogP contribution in [-0.4, -0.2) is 24.6 Å². The SMILES string of the molecule is Cc1oc(-c2cccc(NS(=O)(=O)C(C)C)c2)nc1CNC(=O)C1(C)CCCCC1. The summed E-state index contributed by atoms with van der Waals surface area (Å²) in [5.41, 5.74) is 1.49. The van der Waals surface area contributed by atoms with E-state index >= 15 is 0 Å². The smallest absolute Gasteiger partial charge is 0.235 e. The molecular weight excluding hydrogens is 402 g/mol. The van der Waals surface area contributed by atoms with Crippen molar-refractivity contribution in [2.24, 2.45) is 5.41 Å². The zero-order chi connectivity index (χ0) is 21.9. The van der Waals surface area contributed by atoms with Gasteiger partial charge in [0.2, 0.25) is 21.8 Å². The Bertz CT molecular complexity index is 1010.